The number of benzene rings is 1. The molecule has 2 N–H and O–H groups in total. The predicted molar refractivity (Wildman–Crippen MR) is 75.8 cm³/mol. The van der Waals surface area contributed by atoms with Crippen molar-refractivity contribution >= 4 is 5.91 Å². The van der Waals surface area contributed by atoms with Crippen LogP contribution in [-0.2, 0) is 11.0 Å². The van der Waals surface area contributed by atoms with Crippen molar-refractivity contribution in [3.05, 3.63) is 35.4 Å². The summed E-state index contributed by atoms with van der Waals surface area (Å²) in [5.41, 5.74) is -0.104. The predicted octanol–water partition coefficient (Wildman–Crippen LogP) is 3.27. The van der Waals surface area contributed by atoms with Gasteiger partial charge in [-0.05, 0) is 31.0 Å². The van der Waals surface area contributed by atoms with Gasteiger partial charge in [0.1, 0.15) is 0 Å². The third-order valence-electron chi connectivity index (χ3n) is 3.09. The molecule has 21 heavy (non-hydrogen) atoms. The number of alkyl halides is 3. The number of amides is 1. The van der Waals surface area contributed by atoms with Crippen molar-refractivity contribution in [2.75, 3.05) is 13.1 Å². The molecule has 0 aliphatic carbocycles. The molecule has 0 aromatic heterocycles. The first kappa shape index (κ1) is 17.5. The molecule has 3 nitrogen and oxygen atoms in total. The highest BCUT2D eigenvalue weighted by Gasteiger charge is 2.30. The molecular weight excluding hydrogens is 281 g/mol. The summed E-state index contributed by atoms with van der Waals surface area (Å²) in [7, 11) is 0. The summed E-state index contributed by atoms with van der Waals surface area (Å²) >= 11 is 0. The Morgan fingerprint density at radius 3 is 2.62 bits per heavy atom. The average Bonchev–Trinajstić information content (AvgIpc) is 2.44. The van der Waals surface area contributed by atoms with E-state index in [1.165, 1.54) is 6.07 Å². The van der Waals surface area contributed by atoms with Gasteiger partial charge in [0, 0.05) is 25.6 Å². The molecule has 118 valence electrons. The highest BCUT2D eigenvalue weighted by atomic mass is 19.4. The van der Waals surface area contributed by atoms with Crippen molar-refractivity contribution in [1.82, 2.24) is 10.6 Å². The number of halogens is 3. The fourth-order valence-electron chi connectivity index (χ4n) is 1.86. The third-order valence-corrected chi connectivity index (χ3v) is 3.09. The van der Waals surface area contributed by atoms with Gasteiger partial charge in [-0.1, -0.05) is 19.1 Å². The van der Waals surface area contributed by atoms with Crippen LogP contribution in [0.5, 0.6) is 0 Å². The zero-order valence-corrected chi connectivity index (χ0v) is 12.3. The van der Waals surface area contributed by atoms with Crippen LogP contribution >= 0.6 is 0 Å². The van der Waals surface area contributed by atoms with Crippen molar-refractivity contribution in [3.63, 3.8) is 0 Å². The number of nitrogens with one attached hydrogen (secondary N) is 2. The summed E-state index contributed by atoms with van der Waals surface area (Å²) in [4.78, 5) is 11.4. The van der Waals surface area contributed by atoms with Crippen LogP contribution in [-0.4, -0.2) is 19.0 Å². The molecule has 0 aliphatic rings. The maximum Gasteiger partial charge on any atom is 0.416 e. The quantitative estimate of drug-likeness (QED) is 0.811. The summed E-state index contributed by atoms with van der Waals surface area (Å²) in [6.45, 7) is 4.81. The monoisotopic (exact) mass is 302 g/mol. The van der Waals surface area contributed by atoms with Crippen LogP contribution in [0.1, 0.15) is 43.9 Å². The Morgan fingerprint density at radius 1 is 1.29 bits per heavy atom. The molecule has 1 atom stereocenters. The number of carbonyl (C=O) groups excluding carboxylic acids is 1. The van der Waals surface area contributed by atoms with Gasteiger partial charge in [-0.2, -0.15) is 13.2 Å². The number of hydrogen-bond acceptors (Lipinski definition) is 2. The standard InChI is InChI=1S/C15H21F3N2O/c1-3-8-20-14(21)7-9-19-11(2)12-5-4-6-13(10-12)15(16,17)18/h4-6,10-11,19H,3,7-9H2,1-2H3,(H,20,21). The van der Waals surface area contributed by atoms with Gasteiger partial charge in [0.15, 0.2) is 0 Å². The maximum absolute atomic E-state index is 12.6. The lowest BCUT2D eigenvalue weighted by Gasteiger charge is -2.16. The van der Waals surface area contributed by atoms with E-state index in [1.54, 1.807) is 13.0 Å². The normalized spacial score (nSPS) is 13.0. The van der Waals surface area contributed by atoms with E-state index < -0.39 is 11.7 Å². The third kappa shape index (κ3) is 6.16. The van der Waals surface area contributed by atoms with Crippen LogP contribution in [0, 0.1) is 0 Å². The van der Waals surface area contributed by atoms with Gasteiger partial charge in [-0.3, -0.25) is 4.79 Å². The minimum Gasteiger partial charge on any atom is -0.356 e. The molecule has 6 heteroatoms. The van der Waals surface area contributed by atoms with E-state index in [-0.39, 0.29) is 11.9 Å². The Morgan fingerprint density at radius 2 is 2.00 bits per heavy atom. The molecule has 1 aromatic carbocycles. The fraction of sp³-hybridized carbons (Fsp3) is 0.533. The van der Waals surface area contributed by atoms with Crippen LogP contribution in [0.3, 0.4) is 0 Å². The lowest BCUT2D eigenvalue weighted by Crippen LogP contribution is -2.29. The Kier molecular flexibility index (Phi) is 6.68. The molecule has 0 aliphatic heterocycles. The Bertz CT molecular complexity index is 460. The highest BCUT2D eigenvalue weighted by Crippen LogP contribution is 2.30. The van der Waals surface area contributed by atoms with E-state index in [4.69, 9.17) is 0 Å². The van der Waals surface area contributed by atoms with Crippen molar-refractivity contribution in [3.8, 4) is 0 Å². The molecular formula is C15H21F3N2O. The Labute approximate surface area is 122 Å². The average molecular weight is 302 g/mol. The summed E-state index contributed by atoms with van der Waals surface area (Å²) in [6, 6.07) is 4.98. The SMILES string of the molecule is CCCNC(=O)CCNC(C)c1cccc(C(F)(F)F)c1. The number of rotatable bonds is 7. The molecule has 0 bridgehead atoms. The second-order valence-corrected chi connectivity index (χ2v) is 4.90. The van der Waals surface area contributed by atoms with E-state index in [0.717, 1.165) is 18.6 Å². The zero-order chi connectivity index (χ0) is 15.9. The minimum atomic E-state index is -4.34. The van der Waals surface area contributed by atoms with Gasteiger partial charge in [-0.25, -0.2) is 0 Å². The number of carbonyl (C=O) groups is 1. The van der Waals surface area contributed by atoms with Crippen LogP contribution in [0.15, 0.2) is 24.3 Å². The fourth-order valence-corrected chi connectivity index (χ4v) is 1.86. The number of hydrogen-bond donors (Lipinski definition) is 2. The van der Waals surface area contributed by atoms with Gasteiger partial charge in [-0.15, -0.1) is 0 Å². The lowest BCUT2D eigenvalue weighted by molar-refractivity contribution is -0.137. The van der Waals surface area contributed by atoms with Crippen LogP contribution in [0.4, 0.5) is 13.2 Å². The van der Waals surface area contributed by atoms with Crippen LogP contribution in [0.2, 0.25) is 0 Å². The minimum absolute atomic E-state index is 0.0550. The molecule has 0 heterocycles. The second kappa shape index (κ2) is 8.02. The molecule has 0 fully saturated rings. The maximum atomic E-state index is 12.6. The van der Waals surface area contributed by atoms with Crippen molar-refractivity contribution in [1.29, 1.82) is 0 Å². The van der Waals surface area contributed by atoms with E-state index in [0.29, 0.717) is 25.1 Å². The Balaban J connectivity index is 2.49. The van der Waals surface area contributed by atoms with Crippen LogP contribution < -0.4 is 10.6 Å². The van der Waals surface area contributed by atoms with Gasteiger partial charge < -0.3 is 10.6 Å². The topological polar surface area (TPSA) is 41.1 Å². The summed E-state index contributed by atoms with van der Waals surface area (Å²) in [6.07, 6.45) is -3.15. The van der Waals surface area contributed by atoms with E-state index in [1.807, 2.05) is 6.92 Å². The highest BCUT2D eigenvalue weighted by molar-refractivity contribution is 5.75. The first-order chi connectivity index (χ1) is 9.84. The second-order valence-electron chi connectivity index (χ2n) is 4.90. The Hall–Kier alpha value is -1.56. The van der Waals surface area contributed by atoms with Crippen LogP contribution in [0.25, 0.3) is 0 Å². The summed E-state index contributed by atoms with van der Waals surface area (Å²) in [5, 5.41) is 5.80. The van der Waals surface area contributed by atoms with Crippen molar-refractivity contribution in [2.45, 2.75) is 38.9 Å². The van der Waals surface area contributed by atoms with E-state index in [9.17, 15) is 18.0 Å². The van der Waals surface area contributed by atoms with Gasteiger partial charge in [0.05, 0.1) is 5.56 Å². The molecule has 1 aromatic rings. The smallest absolute Gasteiger partial charge is 0.356 e. The lowest BCUT2D eigenvalue weighted by atomic mass is 10.0. The van der Waals surface area contributed by atoms with Gasteiger partial charge in [0.25, 0.3) is 0 Å². The largest absolute Gasteiger partial charge is 0.416 e. The summed E-state index contributed by atoms with van der Waals surface area (Å²) < 4.78 is 37.9. The molecule has 0 saturated carbocycles. The van der Waals surface area contributed by atoms with Gasteiger partial charge in [0.2, 0.25) is 5.91 Å². The molecule has 0 saturated heterocycles. The molecule has 1 amide bonds. The molecule has 0 spiro atoms. The molecule has 0 radical (unpaired) electrons. The zero-order valence-electron chi connectivity index (χ0n) is 12.3. The van der Waals surface area contributed by atoms with E-state index >= 15 is 0 Å². The van der Waals surface area contributed by atoms with E-state index in [2.05, 4.69) is 10.6 Å². The van der Waals surface area contributed by atoms with Crippen molar-refractivity contribution in [2.24, 2.45) is 0 Å². The molecule has 1 rings (SSSR count). The first-order valence-corrected chi connectivity index (χ1v) is 7.01. The summed E-state index contributed by atoms with van der Waals surface area (Å²) in [5.74, 6) is -0.0550. The van der Waals surface area contributed by atoms with Crippen molar-refractivity contribution < 1.29 is 18.0 Å². The first-order valence-electron chi connectivity index (χ1n) is 7.01. The molecule has 1 unspecified atom stereocenters. The van der Waals surface area contributed by atoms with Gasteiger partial charge >= 0.3 is 6.18 Å².